The molecule has 0 atom stereocenters. The Kier molecular flexibility index (Phi) is 7.14. The third-order valence-electron chi connectivity index (χ3n) is 6.18. The minimum atomic E-state index is -3.33. The predicted molar refractivity (Wildman–Crippen MR) is 138 cm³/mol. The molecular weight excluding hydrogens is 464 g/mol. The zero-order chi connectivity index (χ0) is 25.1. The molecule has 0 radical (unpaired) electrons. The maximum atomic E-state index is 12.7. The first-order chi connectivity index (χ1) is 16.7. The lowest BCUT2D eigenvalue weighted by Gasteiger charge is -2.23. The van der Waals surface area contributed by atoms with Gasteiger partial charge in [0, 0.05) is 23.6 Å². The van der Waals surface area contributed by atoms with Crippen LogP contribution in [0, 0.1) is 0 Å². The molecule has 0 fully saturated rings. The molecule has 4 rings (SSSR count). The summed E-state index contributed by atoms with van der Waals surface area (Å²) < 4.78 is 32.9. The van der Waals surface area contributed by atoms with E-state index in [2.05, 4.69) is 5.32 Å². The van der Waals surface area contributed by atoms with Crippen molar-refractivity contribution in [2.24, 2.45) is 0 Å². The number of benzene rings is 3. The first kappa shape index (κ1) is 24.8. The second kappa shape index (κ2) is 10.1. The smallest absolute Gasteiger partial charge is 0.329 e. The lowest BCUT2D eigenvalue weighted by Crippen LogP contribution is -2.34. The molecule has 2 N–H and O–H groups in total. The highest BCUT2D eigenvalue weighted by atomic mass is 32.2. The van der Waals surface area contributed by atoms with E-state index in [1.54, 1.807) is 36.7 Å². The molecule has 35 heavy (non-hydrogen) atoms. The van der Waals surface area contributed by atoms with Crippen molar-refractivity contribution in [3.05, 3.63) is 72.9 Å². The number of carboxylic acid groups (broad SMARTS) is 1. The van der Waals surface area contributed by atoms with Gasteiger partial charge in [0.25, 0.3) is 0 Å². The monoisotopic (exact) mass is 494 g/mol. The fourth-order valence-corrected chi connectivity index (χ4v) is 5.37. The van der Waals surface area contributed by atoms with Crippen molar-refractivity contribution in [2.45, 2.75) is 30.7 Å². The molecule has 4 aromatic rings. The van der Waals surface area contributed by atoms with Crippen LogP contribution in [0.1, 0.15) is 20.3 Å². The first-order valence-electron chi connectivity index (χ1n) is 11.6. The largest absolute Gasteiger partial charge is 0.492 e. The molecule has 1 heterocycles. The van der Waals surface area contributed by atoms with E-state index in [1.807, 2.05) is 54.6 Å². The van der Waals surface area contributed by atoms with E-state index in [0.717, 1.165) is 21.7 Å². The average Bonchev–Trinajstić information content (AvgIpc) is 3.27. The molecule has 0 bridgehead atoms. The van der Waals surface area contributed by atoms with Crippen molar-refractivity contribution in [2.75, 3.05) is 25.4 Å². The second-order valence-electron chi connectivity index (χ2n) is 9.05. The zero-order valence-corrected chi connectivity index (χ0v) is 20.7. The topological polar surface area (TPSA) is 97.6 Å². The van der Waals surface area contributed by atoms with Crippen LogP contribution < -0.4 is 10.1 Å². The van der Waals surface area contributed by atoms with Crippen molar-refractivity contribution in [3.8, 4) is 5.75 Å². The number of carboxylic acids is 1. The van der Waals surface area contributed by atoms with E-state index in [-0.39, 0.29) is 5.75 Å². The highest BCUT2D eigenvalue weighted by Gasteiger charge is 2.30. The van der Waals surface area contributed by atoms with Gasteiger partial charge < -0.3 is 19.7 Å². The number of hydrogen-bond acceptors (Lipinski definition) is 5. The Hall–Kier alpha value is -3.36. The third-order valence-corrected chi connectivity index (χ3v) is 7.98. The maximum Gasteiger partial charge on any atom is 0.329 e. The zero-order valence-electron chi connectivity index (χ0n) is 19.9. The Morgan fingerprint density at radius 3 is 2.51 bits per heavy atom. The van der Waals surface area contributed by atoms with Crippen molar-refractivity contribution >= 4 is 37.5 Å². The molecule has 0 aliphatic carbocycles. The number of ether oxygens (including phenoxy) is 1. The van der Waals surface area contributed by atoms with Crippen LogP contribution in [0.4, 0.5) is 0 Å². The van der Waals surface area contributed by atoms with Crippen LogP contribution in [0.15, 0.2) is 77.8 Å². The number of aliphatic carboxylic acids is 1. The average molecular weight is 495 g/mol. The Balaban J connectivity index is 1.22. The lowest BCUT2D eigenvalue weighted by atomic mass is 10.1. The van der Waals surface area contributed by atoms with Gasteiger partial charge in [-0.15, -0.1) is 0 Å². The Morgan fingerprint density at radius 1 is 0.971 bits per heavy atom. The number of nitrogens with one attached hydrogen (secondary N) is 1. The van der Waals surface area contributed by atoms with Crippen molar-refractivity contribution < 1.29 is 23.1 Å². The van der Waals surface area contributed by atoms with Gasteiger partial charge in [-0.2, -0.15) is 0 Å². The van der Waals surface area contributed by atoms with E-state index < -0.39 is 21.3 Å². The van der Waals surface area contributed by atoms with Gasteiger partial charge in [0.2, 0.25) is 0 Å². The Bertz CT molecular complexity index is 1460. The van der Waals surface area contributed by atoms with E-state index in [1.165, 1.54) is 0 Å². The fourth-order valence-electron chi connectivity index (χ4n) is 4.03. The van der Waals surface area contributed by atoms with Gasteiger partial charge >= 0.3 is 5.97 Å². The summed E-state index contributed by atoms with van der Waals surface area (Å²) >= 11 is 0. The van der Waals surface area contributed by atoms with E-state index in [9.17, 15) is 18.3 Å². The minimum absolute atomic E-state index is 0.0829. The molecule has 0 unspecified atom stereocenters. The number of sulfone groups is 1. The summed E-state index contributed by atoms with van der Waals surface area (Å²) in [5.41, 5.74) is -0.217. The van der Waals surface area contributed by atoms with Gasteiger partial charge in [0.1, 0.15) is 17.9 Å². The van der Waals surface area contributed by atoms with Gasteiger partial charge in [-0.1, -0.05) is 30.3 Å². The van der Waals surface area contributed by atoms with Crippen LogP contribution >= 0.6 is 0 Å². The lowest BCUT2D eigenvalue weighted by molar-refractivity contribution is -0.145. The predicted octanol–water partition coefficient (Wildman–Crippen LogP) is 4.45. The molecule has 1 aromatic heterocycles. The van der Waals surface area contributed by atoms with Crippen molar-refractivity contribution in [3.63, 3.8) is 0 Å². The van der Waals surface area contributed by atoms with E-state index in [0.29, 0.717) is 36.8 Å². The van der Waals surface area contributed by atoms with E-state index in [4.69, 9.17) is 4.74 Å². The summed E-state index contributed by atoms with van der Waals surface area (Å²) in [6.45, 7) is 4.92. The summed E-state index contributed by atoms with van der Waals surface area (Å²) in [4.78, 5) is 11.9. The molecule has 0 spiro atoms. The summed E-state index contributed by atoms with van der Waals surface area (Å²) in [6, 6.07) is 20.4. The number of hydrogen-bond donors (Lipinski definition) is 2. The van der Waals surface area contributed by atoms with E-state index >= 15 is 0 Å². The highest BCUT2D eigenvalue weighted by Crippen LogP contribution is 2.27. The van der Waals surface area contributed by atoms with Crippen LogP contribution in [0.25, 0.3) is 21.7 Å². The van der Waals surface area contributed by atoms with Gasteiger partial charge in [-0.25, -0.2) is 13.2 Å². The number of carbonyl (C=O) groups is 1. The van der Waals surface area contributed by atoms with Crippen LogP contribution in [-0.2, 0) is 20.2 Å². The van der Waals surface area contributed by atoms with Gasteiger partial charge in [0.15, 0.2) is 9.84 Å². The molecule has 0 aliphatic heterocycles. The molecule has 7 nitrogen and oxygen atoms in total. The van der Waals surface area contributed by atoms with Crippen LogP contribution in [0.2, 0.25) is 0 Å². The number of rotatable bonds is 11. The third kappa shape index (κ3) is 5.49. The highest BCUT2D eigenvalue weighted by molar-refractivity contribution is 7.91. The number of nitrogens with zero attached hydrogens (tertiary/aromatic N) is 1. The maximum absolute atomic E-state index is 12.7. The van der Waals surface area contributed by atoms with Crippen molar-refractivity contribution in [1.29, 1.82) is 0 Å². The molecule has 0 amide bonds. The van der Waals surface area contributed by atoms with Crippen LogP contribution in [-0.4, -0.2) is 49.5 Å². The molecule has 0 saturated heterocycles. The number of fused-ring (bicyclic) bond motifs is 2. The molecule has 0 aliphatic rings. The molecule has 0 saturated carbocycles. The number of aromatic nitrogens is 1. The first-order valence-corrected chi connectivity index (χ1v) is 13.2. The molecular formula is C27H30N2O5S. The quantitative estimate of drug-likeness (QED) is 0.299. The summed E-state index contributed by atoms with van der Waals surface area (Å²) in [5, 5.41) is 15.6. The summed E-state index contributed by atoms with van der Waals surface area (Å²) in [5.74, 6) is -0.116. The Morgan fingerprint density at radius 2 is 1.74 bits per heavy atom. The Labute approximate surface area is 205 Å². The second-order valence-corrected chi connectivity index (χ2v) is 11.2. The standard InChI is InChI=1S/C27H30N2O5S/c1-27(2,26(30)31)29-15-12-22-18-23(9-11-25(22)29)34-16-14-28-13-5-17-35(32,33)24-10-8-20-6-3-4-7-21(20)19-24/h3-4,6-12,15,18-19,28H,5,13-14,16-17H2,1-2H3,(H,30,31). The molecule has 184 valence electrons. The van der Waals surface area contributed by atoms with Crippen LogP contribution in [0.5, 0.6) is 5.75 Å². The van der Waals surface area contributed by atoms with Crippen LogP contribution in [0.3, 0.4) is 0 Å². The summed E-state index contributed by atoms with van der Waals surface area (Å²) in [7, 11) is -3.33. The normalized spacial score (nSPS) is 12.3. The SMILES string of the molecule is CC(C)(C(=O)O)n1ccc2cc(OCCNCCCS(=O)(=O)c3ccc4ccccc4c3)ccc21. The minimum Gasteiger partial charge on any atom is -0.492 e. The van der Waals surface area contributed by atoms with Crippen molar-refractivity contribution in [1.82, 2.24) is 9.88 Å². The fraction of sp³-hybridized carbons (Fsp3) is 0.296. The molecule has 8 heteroatoms. The van der Waals surface area contributed by atoms with Gasteiger partial charge in [-0.05, 0) is 74.0 Å². The molecule has 3 aromatic carbocycles. The van der Waals surface area contributed by atoms with Gasteiger partial charge in [-0.3, -0.25) is 0 Å². The van der Waals surface area contributed by atoms with Gasteiger partial charge in [0.05, 0.1) is 10.6 Å². The summed E-state index contributed by atoms with van der Waals surface area (Å²) in [6.07, 6.45) is 2.28.